The highest BCUT2D eigenvalue weighted by atomic mass is 16.2. The smallest absolute Gasteiger partial charge is 0.314 e. The van der Waals surface area contributed by atoms with Crippen molar-refractivity contribution in [1.29, 1.82) is 0 Å². The van der Waals surface area contributed by atoms with Crippen LogP contribution in [0.4, 0.5) is 4.79 Å². The molecule has 4 heteroatoms. The number of amides is 2. The molecule has 0 aromatic heterocycles. The summed E-state index contributed by atoms with van der Waals surface area (Å²) in [6, 6.07) is 0.149. The lowest BCUT2D eigenvalue weighted by Gasteiger charge is -2.27. The van der Waals surface area contributed by atoms with Gasteiger partial charge >= 0.3 is 6.03 Å². The molecule has 0 aliphatic heterocycles. The average molecular weight is 212 g/mol. The van der Waals surface area contributed by atoms with Crippen LogP contribution in [0.1, 0.15) is 39.5 Å². The van der Waals surface area contributed by atoms with E-state index in [9.17, 15) is 9.59 Å². The molecule has 86 valence electrons. The molecule has 1 saturated carbocycles. The Bertz CT molecular complexity index is 233. The van der Waals surface area contributed by atoms with Crippen LogP contribution in [0.3, 0.4) is 0 Å². The molecular formula is C11H20N2O2. The van der Waals surface area contributed by atoms with E-state index in [2.05, 4.69) is 10.6 Å². The van der Waals surface area contributed by atoms with E-state index in [1.165, 1.54) is 0 Å². The average Bonchev–Trinajstić information content (AvgIpc) is 2.18. The topological polar surface area (TPSA) is 58.2 Å². The van der Waals surface area contributed by atoms with Gasteiger partial charge in [-0.2, -0.15) is 0 Å². The lowest BCUT2D eigenvalue weighted by molar-refractivity contribution is -0.121. The number of ketones is 1. The van der Waals surface area contributed by atoms with Gasteiger partial charge in [-0.1, -0.05) is 0 Å². The lowest BCUT2D eigenvalue weighted by atomic mass is 9.84. The minimum Gasteiger partial charge on any atom is -0.338 e. The van der Waals surface area contributed by atoms with Gasteiger partial charge < -0.3 is 10.6 Å². The molecule has 0 spiro atoms. The number of carbonyl (C=O) groups excluding carboxylic acids is 2. The van der Waals surface area contributed by atoms with Crippen molar-refractivity contribution in [2.45, 2.75) is 45.6 Å². The zero-order valence-corrected chi connectivity index (χ0v) is 9.51. The number of hydrogen-bond acceptors (Lipinski definition) is 2. The van der Waals surface area contributed by atoms with Crippen LogP contribution >= 0.6 is 0 Å². The summed E-state index contributed by atoms with van der Waals surface area (Å²) in [5.74, 6) is 0.503. The van der Waals surface area contributed by atoms with Crippen molar-refractivity contribution in [3.8, 4) is 0 Å². The summed E-state index contributed by atoms with van der Waals surface area (Å²) in [7, 11) is 0. The first-order valence-electron chi connectivity index (χ1n) is 5.68. The number of hydrogen-bond donors (Lipinski definition) is 2. The van der Waals surface area contributed by atoms with Gasteiger partial charge in [-0.05, 0) is 39.5 Å². The summed E-state index contributed by atoms with van der Waals surface area (Å²) < 4.78 is 0. The van der Waals surface area contributed by atoms with E-state index in [1.807, 2.05) is 6.92 Å². The van der Waals surface area contributed by atoms with Crippen molar-refractivity contribution >= 4 is 11.8 Å². The van der Waals surface area contributed by atoms with Gasteiger partial charge in [0.15, 0.2) is 0 Å². The van der Waals surface area contributed by atoms with Crippen LogP contribution in [0.2, 0.25) is 0 Å². The fourth-order valence-corrected chi connectivity index (χ4v) is 2.04. The predicted molar refractivity (Wildman–Crippen MR) is 58.6 cm³/mol. The molecule has 15 heavy (non-hydrogen) atoms. The van der Waals surface area contributed by atoms with Gasteiger partial charge in [-0.25, -0.2) is 4.79 Å². The molecular weight excluding hydrogens is 192 g/mol. The minimum absolute atomic E-state index is 0.0937. The number of rotatable bonds is 3. The monoisotopic (exact) mass is 212 g/mol. The molecule has 0 atom stereocenters. The highest BCUT2D eigenvalue weighted by Gasteiger charge is 2.24. The molecule has 2 N–H and O–H groups in total. The van der Waals surface area contributed by atoms with Crippen molar-refractivity contribution in [2.24, 2.45) is 5.92 Å². The molecule has 0 unspecified atom stereocenters. The number of urea groups is 1. The lowest BCUT2D eigenvalue weighted by Crippen LogP contribution is -2.43. The van der Waals surface area contributed by atoms with Gasteiger partial charge in [0.05, 0.1) is 0 Å². The molecule has 0 aromatic rings. The molecule has 2 amide bonds. The van der Waals surface area contributed by atoms with Gasteiger partial charge in [0, 0.05) is 18.5 Å². The van der Waals surface area contributed by atoms with Crippen molar-refractivity contribution in [3.63, 3.8) is 0 Å². The van der Waals surface area contributed by atoms with E-state index in [0.29, 0.717) is 6.54 Å². The van der Waals surface area contributed by atoms with Crippen LogP contribution in [-0.4, -0.2) is 24.4 Å². The molecule has 1 fully saturated rings. The van der Waals surface area contributed by atoms with Gasteiger partial charge in [0.1, 0.15) is 5.78 Å². The maximum atomic E-state index is 11.2. The molecule has 1 rings (SSSR count). The quantitative estimate of drug-likeness (QED) is 0.744. The SMILES string of the molecule is CCNC(=O)NC1CCC(C(C)=O)CC1. The summed E-state index contributed by atoms with van der Waals surface area (Å²) >= 11 is 0. The van der Waals surface area contributed by atoms with E-state index in [4.69, 9.17) is 0 Å². The molecule has 4 nitrogen and oxygen atoms in total. The van der Waals surface area contributed by atoms with Crippen molar-refractivity contribution in [3.05, 3.63) is 0 Å². The summed E-state index contributed by atoms with van der Waals surface area (Å²) in [6.07, 6.45) is 3.65. The maximum Gasteiger partial charge on any atom is 0.314 e. The van der Waals surface area contributed by atoms with E-state index < -0.39 is 0 Å². The first kappa shape index (κ1) is 12.0. The van der Waals surface area contributed by atoms with E-state index in [1.54, 1.807) is 6.92 Å². The third-order valence-electron chi connectivity index (χ3n) is 2.97. The van der Waals surface area contributed by atoms with Crippen molar-refractivity contribution in [1.82, 2.24) is 10.6 Å². The van der Waals surface area contributed by atoms with E-state index >= 15 is 0 Å². The Morgan fingerprint density at radius 1 is 1.20 bits per heavy atom. The van der Waals surface area contributed by atoms with Crippen LogP contribution in [0, 0.1) is 5.92 Å². The first-order valence-corrected chi connectivity index (χ1v) is 5.68. The second-order valence-corrected chi connectivity index (χ2v) is 4.16. The summed E-state index contributed by atoms with van der Waals surface area (Å²) in [6.45, 7) is 4.20. The summed E-state index contributed by atoms with van der Waals surface area (Å²) in [4.78, 5) is 22.4. The Hall–Kier alpha value is -1.06. The third kappa shape index (κ3) is 3.90. The maximum absolute atomic E-state index is 11.2. The van der Waals surface area contributed by atoms with Crippen LogP contribution in [0.5, 0.6) is 0 Å². The van der Waals surface area contributed by atoms with Crippen LogP contribution < -0.4 is 10.6 Å². The second kappa shape index (κ2) is 5.73. The van der Waals surface area contributed by atoms with Crippen molar-refractivity contribution in [2.75, 3.05) is 6.54 Å². The van der Waals surface area contributed by atoms with Gasteiger partial charge in [0.25, 0.3) is 0 Å². The molecule has 0 bridgehead atoms. The molecule has 0 heterocycles. The Morgan fingerprint density at radius 2 is 1.80 bits per heavy atom. The molecule has 0 saturated heterocycles. The van der Waals surface area contributed by atoms with Gasteiger partial charge in [-0.15, -0.1) is 0 Å². The highest BCUT2D eigenvalue weighted by Crippen LogP contribution is 2.24. The third-order valence-corrected chi connectivity index (χ3v) is 2.97. The normalized spacial score (nSPS) is 25.7. The Kier molecular flexibility index (Phi) is 4.59. The highest BCUT2D eigenvalue weighted by molar-refractivity contribution is 5.78. The minimum atomic E-state index is -0.0937. The zero-order chi connectivity index (χ0) is 11.3. The Morgan fingerprint density at radius 3 is 2.27 bits per heavy atom. The van der Waals surface area contributed by atoms with Crippen molar-refractivity contribution < 1.29 is 9.59 Å². The summed E-state index contributed by atoms with van der Waals surface area (Å²) in [5.41, 5.74) is 0. The second-order valence-electron chi connectivity index (χ2n) is 4.16. The molecule has 0 radical (unpaired) electrons. The predicted octanol–water partition coefficient (Wildman–Crippen LogP) is 1.45. The van der Waals surface area contributed by atoms with Crippen LogP contribution in [0.15, 0.2) is 0 Å². The molecule has 1 aliphatic rings. The molecule has 0 aromatic carbocycles. The Balaban J connectivity index is 2.25. The number of Topliss-reactive ketones (excluding diaryl/α,β-unsaturated/α-hetero) is 1. The Labute approximate surface area is 90.8 Å². The zero-order valence-electron chi connectivity index (χ0n) is 9.51. The number of carbonyl (C=O) groups is 2. The largest absolute Gasteiger partial charge is 0.338 e. The van der Waals surface area contributed by atoms with Gasteiger partial charge in [0.2, 0.25) is 0 Å². The van der Waals surface area contributed by atoms with Crippen LogP contribution in [0.25, 0.3) is 0 Å². The van der Waals surface area contributed by atoms with Gasteiger partial charge in [-0.3, -0.25) is 4.79 Å². The summed E-state index contributed by atoms with van der Waals surface area (Å²) in [5, 5.41) is 5.63. The first-order chi connectivity index (χ1) is 7.13. The number of nitrogens with one attached hydrogen (secondary N) is 2. The fraction of sp³-hybridized carbons (Fsp3) is 0.818. The van der Waals surface area contributed by atoms with E-state index in [-0.39, 0.29) is 23.8 Å². The van der Waals surface area contributed by atoms with E-state index in [0.717, 1.165) is 25.7 Å². The standard InChI is InChI=1S/C11H20N2O2/c1-3-12-11(15)13-10-6-4-9(5-7-10)8(2)14/h9-10H,3-7H2,1-2H3,(H2,12,13,15). The molecule has 1 aliphatic carbocycles. The fourth-order valence-electron chi connectivity index (χ4n) is 2.04. The van der Waals surface area contributed by atoms with Crippen LogP contribution in [-0.2, 0) is 4.79 Å².